The van der Waals surface area contributed by atoms with Crippen LogP contribution in [0, 0.1) is 6.92 Å². The second-order valence-electron chi connectivity index (χ2n) is 7.64. The molecule has 8 nitrogen and oxygen atoms in total. The van der Waals surface area contributed by atoms with Crippen LogP contribution in [0.3, 0.4) is 0 Å². The van der Waals surface area contributed by atoms with E-state index in [2.05, 4.69) is 27.0 Å². The Kier molecular flexibility index (Phi) is 10.4. The van der Waals surface area contributed by atoms with Crippen LogP contribution in [0.1, 0.15) is 34.0 Å². The summed E-state index contributed by atoms with van der Waals surface area (Å²) in [6.07, 6.45) is 0. The molecule has 0 atom stereocenters. The summed E-state index contributed by atoms with van der Waals surface area (Å²) in [5, 5.41) is 9.31. The number of hydrogen-bond donors (Lipinski definition) is 3. The van der Waals surface area contributed by atoms with Crippen molar-refractivity contribution in [1.29, 1.82) is 0 Å². The van der Waals surface area contributed by atoms with Crippen molar-refractivity contribution in [2.45, 2.75) is 26.9 Å². The van der Waals surface area contributed by atoms with E-state index >= 15 is 0 Å². The number of nitrogens with zero attached hydrogens (tertiary/aromatic N) is 2. The Bertz CT molecular complexity index is 979. The average Bonchev–Trinajstić information content (AvgIpc) is 2.81. The zero-order valence-electron chi connectivity index (χ0n) is 19.3. The number of amides is 2. The Labute approximate surface area is 212 Å². The lowest BCUT2D eigenvalue weighted by Crippen LogP contribution is -2.49. The summed E-state index contributed by atoms with van der Waals surface area (Å²) >= 11 is 0. The van der Waals surface area contributed by atoms with Gasteiger partial charge in [-0.25, -0.2) is 4.99 Å². The van der Waals surface area contributed by atoms with Gasteiger partial charge >= 0.3 is 0 Å². The maximum atomic E-state index is 12.6. The van der Waals surface area contributed by atoms with Crippen LogP contribution in [0.2, 0.25) is 0 Å². The number of halogens is 1. The van der Waals surface area contributed by atoms with E-state index in [0.717, 1.165) is 29.0 Å². The minimum Gasteiger partial charge on any atom is -0.496 e. The molecule has 0 aromatic heterocycles. The molecule has 1 aliphatic heterocycles. The summed E-state index contributed by atoms with van der Waals surface area (Å²) in [4.78, 5) is 30.3. The lowest BCUT2D eigenvalue weighted by molar-refractivity contribution is -0.123. The van der Waals surface area contributed by atoms with E-state index < -0.39 is 0 Å². The van der Waals surface area contributed by atoms with E-state index in [-0.39, 0.29) is 42.3 Å². The number of methoxy groups -OCH3 is 1. The summed E-state index contributed by atoms with van der Waals surface area (Å²) in [6.45, 7) is 6.99. The molecule has 0 spiro atoms. The predicted octanol–water partition coefficient (Wildman–Crippen LogP) is 2.45. The topological polar surface area (TPSA) is 95.1 Å². The third-order valence-electron chi connectivity index (χ3n) is 5.18. The lowest BCUT2D eigenvalue weighted by atomic mass is 10.1. The largest absolute Gasteiger partial charge is 0.496 e. The molecule has 0 radical (unpaired) electrons. The van der Waals surface area contributed by atoms with Crippen LogP contribution >= 0.6 is 24.0 Å². The number of nitrogens with one attached hydrogen (secondary N) is 3. The molecule has 0 aliphatic carbocycles. The van der Waals surface area contributed by atoms with Crippen molar-refractivity contribution >= 4 is 41.8 Å². The maximum Gasteiger partial charge on any atom is 0.254 e. The summed E-state index contributed by atoms with van der Waals surface area (Å²) in [5.41, 5.74) is 3.77. The van der Waals surface area contributed by atoms with Crippen molar-refractivity contribution in [2.24, 2.45) is 4.99 Å². The van der Waals surface area contributed by atoms with Gasteiger partial charge in [0.1, 0.15) is 5.75 Å². The van der Waals surface area contributed by atoms with Crippen molar-refractivity contribution < 1.29 is 14.3 Å². The van der Waals surface area contributed by atoms with Gasteiger partial charge in [-0.3, -0.25) is 9.59 Å². The molecule has 2 amide bonds. The first-order valence-electron chi connectivity index (χ1n) is 10.8. The van der Waals surface area contributed by atoms with Crippen LogP contribution < -0.4 is 20.7 Å². The summed E-state index contributed by atoms with van der Waals surface area (Å²) in [7, 11) is 1.67. The molecule has 2 aromatic rings. The normalized spacial score (nSPS) is 13.6. The summed E-state index contributed by atoms with van der Waals surface area (Å²) < 4.78 is 5.47. The Morgan fingerprint density at radius 3 is 2.61 bits per heavy atom. The monoisotopic (exact) mass is 565 g/mol. The van der Waals surface area contributed by atoms with E-state index in [1.54, 1.807) is 24.1 Å². The minimum atomic E-state index is -0.128. The Morgan fingerprint density at radius 1 is 1.18 bits per heavy atom. The molecule has 1 aliphatic rings. The maximum absolute atomic E-state index is 12.6. The van der Waals surface area contributed by atoms with Crippen molar-refractivity contribution in [3.05, 3.63) is 64.7 Å². The van der Waals surface area contributed by atoms with Crippen LogP contribution in [0.25, 0.3) is 0 Å². The van der Waals surface area contributed by atoms with E-state index in [4.69, 9.17) is 4.74 Å². The Morgan fingerprint density at radius 2 is 1.94 bits per heavy atom. The molecule has 0 unspecified atom stereocenters. The molecule has 1 fully saturated rings. The quantitative estimate of drug-likeness (QED) is 0.273. The Balaban J connectivity index is 0.00000385. The van der Waals surface area contributed by atoms with Gasteiger partial charge in [0, 0.05) is 37.3 Å². The zero-order chi connectivity index (χ0) is 22.9. The molecule has 0 saturated carbocycles. The highest BCUT2D eigenvalue weighted by Gasteiger charge is 2.22. The highest BCUT2D eigenvalue weighted by atomic mass is 127. The molecular formula is C24H32IN5O3. The molecule has 3 rings (SSSR count). The predicted molar refractivity (Wildman–Crippen MR) is 140 cm³/mol. The molecule has 2 aromatic carbocycles. The van der Waals surface area contributed by atoms with Gasteiger partial charge in [0.15, 0.2) is 5.96 Å². The lowest BCUT2D eigenvalue weighted by Gasteiger charge is -2.26. The van der Waals surface area contributed by atoms with E-state index in [1.807, 2.05) is 38.1 Å². The number of aliphatic imine (C=N–C) groups is 1. The fourth-order valence-electron chi connectivity index (χ4n) is 3.44. The first kappa shape index (κ1) is 26.4. The smallest absolute Gasteiger partial charge is 0.254 e. The van der Waals surface area contributed by atoms with Gasteiger partial charge in [0.25, 0.3) is 5.91 Å². The van der Waals surface area contributed by atoms with Gasteiger partial charge in [-0.05, 0) is 43.2 Å². The van der Waals surface area contributed by atoms with Crippen LogP contribution in [0.4, 0.5) is 0 Å². The second kappa shape index (κ2) is 13.0. The number of benzene rings is 2. The molecule has 178 valence electrons. The van der Waals surface area contributed by atoms with Gasteiger partial charge in [0.05, 0.1) is 20.2 Å². The van der Waals surface area contributed by atoms with Gasteiger partial charge in [-0.15, -0.1) is 24.0 Å². The van der Waals surface area contributed by atoms with E-state index in [0.29, 0.717) is 37.7 Å². The number of rotatable bonds is 7. The van der Waals surface area contributed by atoms with Crippen LogP contribution in [-0.4, -0.2) is 56.0 Å². The van der Waals surface area contributed by atoms with Gasteiger partial charge < -0.3 is 25.6 Å². The van der Waals surface area contributed by atoms with Crippen LogP contribution in [0.15, 0.2) is 47.5 Å². The van der Waals surface area contributed by atoms with Gasteiger partial charge in [-0.2, -0.15) is 0 Å². The third kappa shape index (κ3) is 7.62. The number of guanidine groups is 1. The highest BCUT2D eigenvalue weighted by molar-refractivity contribution is 14.0. The molecule has 0 bridgehead atoms. The van der Waals surface area contributed by atoms with Crippen molar-refractivity contribution in [3.8, 4) is 5.75 Å². The molecule has 9 heteroatoms. The van der Waals surface area contributed by atoms with Crippen LogP contribution in [0.5, 0.6) is 5.75 Å². The van der Waals surface area contributed by atoms with E-state index in [1.165, 1.54) is 0 Å². The molecule has 3 N–H and O–H groups in total. The number of hydrogen-bond acceptors (Lipinski definition) is 4. The average molecular weight is 565 g/mol. The minimum absolute atomic E-state index is 0. The Hall–Kier alpha value is -2.82. The third-order valence-corrected chi connectivity index (χ3v) is 5.18. The number of carbonyl (C=O) groups is 2. The molecule has 33 heavy (non-hydrogen) atoms. The fourth-order valence-corrected chi connectivity index (χ4v) is 3.44. The first-order chi connectivity index (χ1) is 15.5. The van der Waals surface area contributed by atoms with E-state index in [9.17, 15) is 9.59 Å². The fraction of sp³-hybridized carbons (Fsp3) is 0.375. The van der Waals surface area contributed by atoms with Gasteiger partial charge in [-0.1, -0.05) is 24.3 Å². The van der Waals surface area contributed by atoms with Crippen molar-refractivity contribution in [3.63, 3.8) is 0 Å². The number of piperazine rings is 1. The zero-order valence-corrected chi connectivity index (χ0v) is 21.6. The van der Waals surface area contributed by atoms with Gasteiger partial charge in [0.2, 0.25) is 5.91 Å². The first-order valence-corrected chi connectivity index (χ1v) is 10.8. The molecular weight excluding hydrogens is 533 g/mol. The summed E-state index contributed by atoms with van der Waals surface area (Å²) in [6, 6.07) is 13.5. The second-order valence-corrected chi connectivity index (χ2v) is 7.64. The molecule has 1 saturated heterocycles. The summed E-state index contributed by atoms with van der Waals surface area (Å²) in [5.74, 6) is 1.30. The number of ether oxygens (including phenoxy) is 1. The van der Waals surface area contributed by atoms with Crippen molar-refractivity contribution in [2.75, 3.05) is 33.3 Å². The molecule has 1 heterocycles. The SMILES string of the molecule is CCNC(=NCc1ccc(C(=O)N2CCNC(=O)C2)cc1)NCc1ccc(C)cc1OC.I. The number of carbonyl (C=O) groups excluding carboxylic acids is 2. The van der Waals surface area contributed by atoms with Crippen molar-refractivity contribution in [1.82, 2.24) is 20.9 Å². The van der Waals surface area contributed by atoms with Crippen LogP contribution in [-0.2, 0) is 17.9 Å². The number of aryl methyl sites for hydroxylation is 1. The highest BCUT2D eigenvalue weighted by Crippen LogP contribution is 2.19. The standard InChI is InChI=1S/C24H31N5O3.HI/c1-4-25-24(28-15-20-8-5-17(2)13-21(20)32-3)27-14-18-6-9-19(10-7-18)23(31)29-12-11-26-22(30)16-29;/h5-10,13H,4,11-12,14-16H2,1-3H3,(H,26,30)(H2,25,27,28);1H.